The number of hydrogen-bond acceptors (Lipinski definition) is 4. The molecule has 0 aromatic heterocycles. The molecule has 5 nitrogen and oxygen atoms in total. The summed E-state index contributed by atoms with van der Waals surface area (Å²) in [6, 6.07) is 3.92. The fourth-order valence-corrected chi connectivity index (χ4v) is 2.92. The van der Waals surface area contributed by atoms with E-state index in [9.17, 15) is 26.7 Å². The van der Waals surface area contributed by atoms with Crippen LogP contribution in [-0.4, -0.2) is 39.9 Å². The quantitative estimate of drug-likeness (QED) is 0.793. The van der Waals surface area contributed by atoms with E-state index >= 15 is 0 Å². The van der Waals surface area contributed by atoms with Crippen LogP contribution in [0.15, 0.2) is 29.2 Å². The van der Waals surface area contributed by atoms with E-state index in [-0.39, 0.29) is 19.6 Å². The van der Waals surface area contributed by atoms with Crippen molar-refractivity contribution in [2.24, 2.45) is 0 Å². The zero-order valence-corrected chi connectivity index (χ0v) is 12.0. The number of aliphatic hydroxyl groups excluding tert-OH is 1. The standard InChI is InChI=1S/C12H16F3NO4S/c1-20-8-9(17)6-7-16-21(18,19)11-5-3-2-4-10(11)12(13,14)15/h2-5,9,16-17H,6-8H2,1H3. The maximum absolute atomic E-state index is 12.8. The highest BCUT2D eigenvalue weighted by molar-refractivity contribution is 7.89. The second-order valence-electron chi connectivity index (χ2n) is 4.29. The number of benzene rings is 1. The Morgan fingerprint density at radius 1 is 1.33 bits per heavy atom. The Morgan fingerprint density at radius 3 is 2.52 bits per heavy atom. The fraction of sp³-hybridized carbons (Fsp3) is 0.500. The highest BCUT2D eigenvalue weighted by Gasteiger charge is 2.36. The summed E-state index contributed by atoms with van der Waals surface area (Å²) in [4.78, 5) is -0.835. The van der Waals surface area contributed by atoms with E-state index in [1.165, 1.54) is 13.2 Å². The zero-order chi connectivity index (χ0) is 16.1. The topological polar surface area (TPSA) is 75.6 Å². The first-order valence-electron chi connectivity index (χ1n) is 6.01. The number of aliphatic hydroxyl groups is 1. The summed E-state index contributed by atoms with van der Waals surface area (Å²) in [5.74, 6) is 0. The number of alkyl halides is 3. The van der Waals surface area contributed by atoms with Gasteiger partial charge >= 0.3 is 6.18 Å². The maximum Gasteiger partial charge on any atom is 0.417 e. The van der Waals surface area contributed by atoms with Gasteiger partial charge in [-0.2, -0.15) is 13.2 Å². The van der Waals surface area contributed by atoms with Gasteiger partial charge in [-0.25, -0.2) is 13.1 Å². The molecule has 1 aromatic rings. The van der Waals surface area contributed by atoms with Crippen LogP contribution in [0.1, 0.15) is 12.0 Å². The summed E-state index contributed by atoms with van der Waals surface area (Å²) in [5, 5.41) is 9.36. The molecule has 0 aliphatic carbocycles. The highest BCUT2D eigenvalue weighted by Crippen LogP contribution is 2.33. The van der Waals surface area contributed by atoms with Gasteiger partial charge in [0.2, 0.25) is 10.0 Å². The molecule has 0 heterocycles. The van der Waals surface area contributed by atoms with Crippen molar-refractivity contribution >= 4 is 10.0 Å². The van der Waals surface area contributed by atoms with E-state index in [1.807, 2.05) is 4.72 Å². The van der Waals surface area contributed by atoms with Gasteiger partial charge in [0.25, 0.3) is 0 Å². The van der Waals surface area contributed by atoms with Crippen molar-refractivity contribution in [3.8, 4) is 0 Å². The van der Waals surface area contributed by atoms with Crippen LogP contribution in [0.2, 0.25) is 0 Å². The van der Waals surface area contributed by atoms with Crippen molar-refractivity contribution in [1.29, 1.82) is 0 Å². The largest absolute Gasteiger partial charge is 0.417 e. The number of halogens is 3. The summed E-state index contributed by atoms with van der Waals surface area (Å²) in [7, 11) is -2.94. The predicted molar refractivity (Wildman–Crippen MR) is 69.1 cm³/mol. The minimum absolute atomic E-state index is 0.0147. The lowest BCUT2D eigenvalue weighted by Gasteiger charge is -2.14. The molecule has 9 heteroatoms. The molecular weight excluding hydrogens is 311 g/mol. The molecule has 0 radical (unpaired) electrons. The lowest BCUT2D eigenvalue weighted by atomic mass is 10.2. The Labute approximate surface area is 120 Å². The van der Waals surface area contributed by atoms with Gasteiger partial charge in [-0.05, 0) is 18.6 Å². The van der Waals surface area contributed by atoms with Gasteiger partial charge in [0.1, 0.15) is 0 Å². The van der Waals surface area contributed by atoms with E-state index in [4.69, 9.17) is 0 Å². The third kappa shape index (κ3) is 5.27. The first kappa shape index (κ1) is 17.9. The zero-order valence-electron chi connectivity index (χ0n) is 11.2. The summed E-state index contributed by atoms with van der Waals surface area (Å²) >= 11 is 0. The van der Waals surface area contributed by atoms with Crippen molar-refractivity contribution in [2.45, 2.75) is 23.6 Å². The highest BCUT2D eigenvalue weighted by atomic mass is 32.2. The molecule has 1 rings (SSSR count). The monoisotopic (exact) mass is 327 g/mol. The normalized spacial score (nSPS) is 14.1. The Kier molecular flexibility index (Phi) is 6.14. The second-order valence-corrected chi connectivity index (χ2v) is 6.02. The molecule has 120 valence electrons. The summed E-state index contributed by atoms with van der Waals surface area (Å²) in [6.45, 7) is -0.181. The van der Waals surface area contributed by atoms with Crippen LogP contribution in [0.4, 0.5) is 13.2 Å². The molecule has 0 bridgehead atoms. The van der Waals surface area contributed by atoms with Crippen LogP contribution >= 0.6 is 0 Å². The molecule has 1 aromatic carbocycles. The van der Waals surface area contributed by atoms with Crippen molar-refractivity contribution in [1.82, 2.24) is 4.72 Å². The number of sulfonamides is 1. The van der Waals surface area contributed by atoms with Gasteiger partial charge in [-0.15, -0.1) is 0 Å². The maximum atomic E-state index is 12.8. The van der Waals surface area contributed by atoms with Crippen LogP contribution in [0, 0.1) is 0 Å². The smallest absolute Gasteiger partial charge is 0.391 e. The van der Waals surface area contributed by atoms with Crippen LogP contribution in [0.5, 0.6) is 0 Å². The number of nitrogens with one attached hydrogen (secondary N) is 1. The van der Waals surface area contributed by atoms with Gasteiger partial charge in [0.05, 0.1) is 23.2 Å². The molecule has 0 aliphatic rings. The van der Waals surface area contributed by atoms with Gasteiger partial charge in [0.15, 0.2) is 0 Å². The van der Waals surface area contributed by atoms with E-state index in [0.717, 1.165) is 12.1 Å². The van der Waals surface area contributed by atoms with Gasteiger partial charge < -0.3 is 9.84 Å². The minimum Gasteiger partial charge on any atom is -0.391 e. The second kappa shape index (κ2) is 7.21. The summed E-state index contributed by atoms with van der Waals surface area (Å²) < 4.78 is 68.9. The van der Waals surface area contributed by atoms with E-state index in [2.05, 4.69) is 4.74 Å². The molecule has 1 atom stereocenters. The fourth-order valence-electron chi connectivity index (χ4n) is 1.65. The molecule has 0 aliphatic heterocycles. The molecule has 1 unspecified atom stereocenters. The van der Waals surface area contributed by atoms with Gasteiger partial charge in [0, 0.05) is 13.7 Å². The van der Waals surface area contributed by atoms with Crippen molar-refractivity contribution in [3.05, 3.63) is 29.8 Å². The van der Waals surface area contributed by atoms with Crippen LogP contribution in [0.3, 0.4) is 0 Å². The number of ether oxygens (including phenoxy) is 1. The Bertz CT molecular complexity index is 560. The molecule has 0 saturated heterocycles. The van der Waals surface area contributed by atoms with Crippen molar-refractivity contribution < 1.29 is 31.4 Å². The molecule has 0 saturated carbocycles. The third-order valence-corrected chi connectivity index (χ3v) is 4.13. The van der Waals surface area contributed by atoms with Crippen molar-refractivity contribution in [2.75, 3.05) is 20.3 Å². The van der Waals surface area contributed by atoms with E-state index < -0.39 is 32.8 Å². The van der Waals surface area contributed by atoms with E-state index in [0.29, 0.717) is 6.07 Å². The van der Waals surface area contributed by atoms with Crippen LogP contribution in [0.25, 0.3) is 0 Å². The Balaban J connectivity index is 2.85. The van der Waals surface area contributed by atoms with Gasteiger partial charge in [-0.1, -0.05) is 12.1 Å². The SMILES string of the molecule is COCC(O)CCNS(=O)(=O)c1ccccc1C(F)(F)F. The summed E-state index contributed by atoms with van der Waals surface area (Å²) in [5.41, 5.74) is -1.23. The summed E-state index contributed by atoms with van der Waals surface area (Å²) in [6.07, 6.45) is -5.63. The van der Waals surface area contributed by atoms with Crippen LogP contribution < -0.4 is 4.72 Å². The molecule has 2 N–H and O–H groups in total. The predicted octanol–water partition coefficient (Wildman–Crippen LogP) is 1.38. The number of hydrogen-bond donors (Lipinski definition) is 2. The van der Waals surface area contributed by atoms with E-state index in [1.54, 1.807) is 0 Å². The molecule has 0 fully saturated rings. The van der Waals surface area contributed by atoms with Gasteiger partial charge in [-0.3, -0.25) is 0 Å². The molecule has 0 amide bonds. The molecule has 0 spiro atoms. The number of rotatable bonds is 7. The third-order valence-electron chi connectivity index (χ3n) is 2.61. The minimum atomic E-state index is -4.76. The van der Waals surface area contributed by atoms with Crippen LogP contribution in [-0.2, 0) is 20.9 Å². The Hall–Kier alpha value is -1.16. The number of methoxy groups -OCH3 is 1. The average Bonchev–Trinajstić information content (AvgIpc) is 2.38. The molecule has 21 heavy (non-hydrogen) atoms. The first-order chi connectivity index (χ1) is 9.68. The Morgan fingerprint density at radius 2 is 1.95 bits per heavy atom. The first-order valence-corrected chi connectivity index (χ1v) is 7.49. The lowest BCUT2D eigenvalue weighted by molar-refractivity contribution is -0.139. The molecular formula is C12H16F3NO4S. The van der Waals surface area contributed by atoms with Crippen molar-refractivity contribution in [3.63, 3.8) is 0 Å². The lowest BCUT2D eigenvalue weighted by Crippen LogP contribution is -2.30. The average molecular weight is 327 g/mol.